The molecular formula is C12H16FNO. The molecule has 0 spiro atoms. The van der Waals surface area contributed by atoms with Gasteiger partial charge in [0, 0.05) is 12.6 Å². The van der Waals surface area contributed by atoms with Gasteiger partial charge in [0.1, 0.15) is 11.4 Å². The molecule has 1 aromatic rings. The van der Waals surface area contributed by atoms with Gasteiger partial charge in [-0.25, -0.2) is 4.39 Å². The molecule has 1 aromatic carbocycles. The summed E-state index contributed by atoms with van der Waals surface area (Å²) < 4.78 is 18.9. The number of morpholine rings is 1. The van der Waals surface area contributed by atoms with E-state index in [9.17, 15) is 4.39 Å². The molecule has 15 heavy (non-hydrogen) atoms. The minimum Gasteiger partial charge on any atom is -0.368 e. The molecule has 1 saturated heterocycles. The Balaban J connectivity index is 2.34. The molecular weight excluding hydrogens is 193 g/mol. The highest BCUT2D eigenvalue weighted by Gasteiger charge is 2.36. The molecule has 0 aliphatic carbocycles. The Kier molecular flexibility index (Phi) is 2.76. The summed E-state index contributed by atoms with van der Waals surface area (Å²) in [4.78, 5) is 0. The molecule has 2 rings (SSSR count). The molecule has 1 aliphatic rings. The fourth-order valence-electron chi connectivity index (χ4n) is 1.99. The molecule has 82 valence electrons. The molecule has 0 amide bonds. The SMILES string of the molecule is CC1NCCOC1(C)c1cccc(F)c1. The zero-order valence-electron chi connectivity index (χ0n) is 9.09. The van der Waals surface area contributed by atoms with E-state index in [-0.39, 0.29) is 11.9 Å². The van der Waals surface area contributed by atoms with Crippen LogP contribution in [0.25, 0.3) is 0 Å². The van der Waals surface area contributed by atoms with Gasteiger partial charge in [-0.3, -0.25) is 0 Å². The smallest absolute Gasteiger partial charge is 0.123 e. The fraction of sp³-hybridized carbons (Fsp3) is 0.500. The van der Waals surface area contributed by atoms with Gasteiger partial charge in [-0.1, -0.05) is 12.1 Å². The third-order valence-electron chi connectivity index (χ3n) is 3.18. The van der Waals surface area contributed by atoms with Crippen molar-refractivity contribution >= 4 is 0 Å². The molecule has 0 radical (unpaired) electrons. The third-order valence-corrected chi connectivity index (χ3v) is 3.18. The lowest BCUT2D eigenvalue weighted by atomic mass is 9.88. The van der Waals surface area contributed by atoms with Crippen LogP contribution < -0.4 is 5.32 Å². The first-order valence-corrected chi connectivity index (χ1v) is 5.26. The van der Waals surface area contributed by atoms with Gasteiger partial charge in [-0.15, -0.1) is 0 Å². The minimum atomic E-state index is -0.430. The van der Waals surface area contributed by atoms with Crippen molar-refractivity contribution in [2.45, 2.75) is 25.5 Å². The van der Waals surface area contributed by atoms with Crippen LogP contribution in [-0.2, 0) is 10.3 Å². The van der Waals surface area contributed by atoms with E-state index in [0.29, 0.717) is 6.61 Å². The van der Waals surface area contributed by atoms with Crippen molar-refractivity contribution in [1.29, 1.82) is 0 Å². The number of nitrogens with one attached hydrogen (secondary N) is 1. The van der Waals surface area contributed by atoms with Crippen molar-refractivity contribution in [1.82, 2.24) is 5.32 Å². The van der Waals surface area contributed by atoms with Gasteiger partial charge in [0.15, 0.2) is 0 Å². The summed E-state index contributed by atoms with van der Waals surface area (Å²) in [6, 6.07) is 6.82. The number of hydrogen-bond donors (Lipinski definition) is 1. The Morgan fingerprint density at radius 1 is 1.53 bits per heavy atom. The molecule has 1 N–H and O–H groups in total. The van der Waals surface area contributed by atoms with Gasteiger partial charge < -0.3 is 10.1 Å². The van der Waals surface area contributed by atoms with E-state index < -0.39 is 5.60 Å². The van der Waals surface area contributed by atoms with Crippen LogP contribution >= 0.6 is 0 Å². The maximum atomic E-state index is 13.1. The lowest BCUT2D eigenvalue weighted by molar-refractivity contribution is -0.0852. The summed E-state index contributed by atoms with van der Waals surface area (Å²) in [7, 11) is 0. The van der Waals surface area contributed by atoms with E-state index in [0.717, 1.165) is 12.1 Å². The Bertz CT molecular complexity index is 355. The lowest BCUT2D eigenvalue weighted by Crippen LogP contribution is -2.52. The monoisotopic (exact) mass is 209 g/mol. The summed E-state index contributed by atoms with van der Waals surface area (Å²) in [6.45, 7) is 5.58. The van der Waals surface area contributed by atoms with Crippen molar-refractivity contribution in [2.24, 2.45) is 0 Å². The molecule has 0 aromatic heterocycles. The number of ether oxygens (including phenoxy) is 1. The average molecular weight is 209 g/mol. The lowest BCUT2D eigenvalue weighted by Gasteiger charge is -2.40. The maximum absolute atomic E-state index is 13.1. The first kappa shape index (κ1) is 10.6. The van der Waals surface area contributed by atoms with Gasteiger partial charge in [0.25, 0.3) is 0 Å². The molecule has 2 nitrogen and oxygen atoms in total. The van der Waals surface area contributed by atoms with Crippen LogP contribution in [0, 0.1) is 5.82 Å². The van der Waals surface area contributed by atoms with Gasteiger partial charge in [0.05, 0.1) is 6.61 Å². The molecule has 2 atom stereocenters. The van der Waals surface area contributed by atoms with E-state index in [4.69, 9.17) is 4.74 Å². The quantitative estimate of drug-likeness (QED) is 0.764. The third kappa shape index (κ3) is 1.90. The van der Waals surface area contributed by atoms with Crippen LogP contribution in [0.1, 0.15) is 19.4 Å². The Morgan fingerprint density at radius 2 is 2.33 bits per heavy atom. The number of benzene rings is 1. The zero-order chi connectivity index (χ0) is 10.9. The predicted molar refractivity (Wildman–Crippen MR) is 57.2 cm³/mol. The topological polar surface area (TPSA) is 21.3 Å². The fourth-order valence-corrected chi connectivity index (χ4v) is 1.99. The summed E-state index contributed by atoms with van der Waals surface area (Å²) in [5.41, 5.74) is 0.461. The van der Waals surface area contributed by atoms with E-state index in [1.54, 1.807) is 12.1 Å². The van der Waals surface area contributed by atoms with E-state index in [1.807, 2.05) is 13.0 Å². The van der Waals surface area contributed by atoms with E-state index >= 15 is 0 Å². The minimum absolute atomic E-state index is 0.188. The van der Waals surface area contributed by atoms with Crippen LogP contribution in [0.5, 0.6) is 0 Å². The second-order valence-electron chi connectivity index (χ2n) is 4.14. The van der Waals surface area contributed by atoms with Crippen molar-refractivity contribution in [2.75, 3.05) is 13.2 Å². The molecule has 3 heteroatoms. The van der Waals surface area contributed by atoms with Crippen LogP contribution in [0.15, 0.2) is 24.3 Å². The maximum Gasteiger partial charge on any atom is 0.123 e. The normalized spacial score (nSPS) is 31.5. The Labute approximate surface area is 89.4 Å². The highest BCUT2D eigenvalue weighted by molar-refractivity contribution is 5.25. The molecule has 1 fully saturated rings. The van der Waals surface area contributed by atoms with Crippen LogP contribution in [0.4, 0.5) is 4.39 Å². The molecule has 2 unspecified atom stereocenters. The largest absolute Gasteiger partial charge is 0.368 e. The molecule has 0 bridgehead atoms. The van der Waals surface area contributed by atoms with Crippen molar-refractivity contribution < 1.29 is 9.13 Å². The average Bonchev–Trinajstić information content (AvgIpc) is 2.23. The van der Waals surface area contributed by atoms with Gasteiger partial charge in [-0.05, 0) is 31.5 Å². The highest BCUT2D eigenvalue weighted by atomic mass is 19.1. The first-order chi connectivity index (χ1) is 7.13. The molecule has 0 saturated carbocycles. The van der Waals surface area contributed by atoms with Crippen molar-refractivity contribution in [3.05, 3.63) is 35.6 Å². The predicted octanol–water partition coefficient (Wildman–Crippen LogP) is 2.05. The van der Waals surface area contributed by atoms with Crippen molar-refractivity contribution in [3.8, 4) is 0 Å². The summed E-state index contributed by atoms with van der Waals surface area (Å²) in [5.74, 6) is -0.213. The van der Waals surface area contributed by atoms with Crippen LogP contribution in [-0.4, -0.2) is 19.2 Å². The Morgan fingerprint density at radius 3 is 3.00 bits per heavy atom. The van der Waals surface area contributed by atoms with Crippen LogP contribution in [0.3, 0.4) is 0 Å². The zero-order valence-corrected chi connectivity index (χ0v) is 9.09. The van der Waals surface area contributed by atoms with Gasteiger partial charge in [0.2, 0.25) is 0 Å². The molecule has 1 heterocycles. The van der Waals surface area contributed by atoms with Gasteiger partial charge >= 0.3 is 0 Å². The summed E-state index contributed by atoms with van der Waals surface area (Å²) in [6.07, 6.45) is 0. The van der Waals surface area contributed by atoms with E-state index in [1.165, 1.54) is 6.07 Å². The molecule has 1 aliphatic heterocycles. The van der Waals surface area contributed by atoms with Crippen LogP contribution in [0.2, 0.25) is 0 Å². The second-order valence-corrected chi connectivity index (χ2v) is 4.14. The van der Waals surface area contributed by atoms with Gasteiger partial charge in [-0.2, -0.15) is 0 Å². The summed E-state index contributed by atoms with van der Waals surface area (Å²) >= 11 is 0. The number of rotatable bonds is 1. The number of halogens is 1. The van der Waals surface area contributed by atoms with Crippen molar-refractivity contribution in [3.63, 3.8) is 0 Å². The van der Waals surface area contributed by atoms with E-state index in [2.05, 4.69) is 12.2 Å². The Hall–Kier alpha value is -0.930. The first-order valence-electron chi connectivity index (χ1n) is 5.26. The second kappa shape index (κ2) is 3.91. The highest BCUT2D eigenvalue weighted by Crippen LogP contribution is 2.31. The number of hydrogen-bond acceptors (Lipinski definition) is 2. The summed E-state index contributed by atoms with van der Waals surface area (Å²) in [5, 5.41) is 3.34. The standard InChI is InChI=1S/C12H16FNO/c1-9-12(2,15-7-6-14-9)10-4-3-5-11(13)8-10/h3-5,8-9,14H,6-7H2,1-2H3.